The third-order valence-corrected chi connectivity index (χ3v) is 10.6. The van der Waals surface area contributed by atoms with Crippen LogP contribution in [0.4, 0.5) is 23.5 Å². The lowest BCUT2D eigenvalue weighted by atomic mass is 9.86. The van der Waals surface area contributed by atoms with Crippen molar-refractivity contribution in [3.8, 4) is 5.75 Å². The normalized spacial score (nSPS) is 19.7. The third-order valence-electron chi connectivity index (χ3n) is 10.6. The molecule has 3 aromatic carbocycles. The molecule has 0 radical (unpaired) electrons. The number of nitrogens with one attached hydrogen (secondary N) is 2. The maximum absolute atomic E-state index is 14.1. The Morgan fingerprint density at radius 2 is 1.60 bits per heavy atom. The quantitative estimate of drug-likeness (QED) is 0.0782. The number of amides is 4. The molecule has 3 heterocycles. The molecule has 0 spiro atoms. The summed E-state index contributed by atoms with van der Waals surface area (Å²) in [5.74, 6) is -1.23. The number of piperidine rings is 1. The lowest BCUT2D eigenvalue weighted by Gasteiger charge is -2.30. The van der Waals surface area contributed by atoms with Gasteiger partial charge >= 0.3 is 6.18 Å². The maximum atomic E-state index is 14.1. The number of hydrogen-bond donors (Lipinski definition) is 2. The number of imidazole rings is 1. The topological polar surface area (TPSA) is 150 Å². The highest BCUT2D eigenvalue weighted by molar-refractivity contribution is 6.06. The van der Waals surface area contributed by atoms with Crippen molar-refractivity contribution < 1.29 is 55.7 Å². The van der Waals surface area contributed by atoms with Crippen LogP contribution in [0.5, 0.6) is 5.75 Å². The van der Waals surface area contributed by atoms with E-state index in [0.717, 1.165) is 43.4 Å². The predicted octanol–water partition coefficient (Wildman–Crippen LogP) is 6.07. The molecule has 3 aliphatic rings. The van der Waals surface area contributed by atoms with Gasteiger partial charge in [0.1, 0.15) is 24.2 Å². The van der Waals surface area contributed by atoms with Crippen molar-refractivity contribution in [2.45, 2.75) is 63.3 Å². The summed E-state index contributed by atoms with van der Waals surface area (Å²) in [5.41, 5.74) is 1.13. The predicted molar refractivity (Wildman–Crippen MR) is 201 cm³/mol. The molecule has 1 atom stereocenters. The van der Waals surface area contributed by atoms with Crippen LogP contribution in [0.15, 0.2) is 60.7 Å². The summed E-state index contributed by atoms with van der Waals surface area (Å²) in [7, 11) is 0. The second kappa shape index (κ2) is 18.0. The van der Waals surface area contributed by atoms with Crippen LogP contribution in [0.25, 0.3) is 11.0 Å². The van der Waals surface area contributed by atoms with Crippen molar-refractivity contribution in [2.24, 2.45) is 5.92 Å². The zero-order chi connectivity index (χ0) is 40.8. The van der Waals surface area contributed by atoms with Gasteiger partial charge in [-0.15, -0.1) is 0 Å². The summed E-state index contributed by atoms with van der Waals surface area (Å²) < 4.78 is 78.7. The largest absolute Gasteiger partial charge is 0.491 e. The first-order valence-electron chi connectivity index (χ1n) is 19.2. The molecule has 2 aliphatic heterocycles. The van der Waals surface area contributed by atoms with E-state index in [0.29, 0.717) is 80.9 Å². The SMILES string of the molecule is O=C1CCC(N2Cc3cc(OCCOCCOCCOCC4CCC(n5c(NC(=O)c6cccc(C(F)(F)F)c6)nc6cc(F)ccc65)CC4)ccc3C2=O)C(=O)N1. The van der Waals surface area contributed by atoms with Gasteiger partial charge in [0.25, 0.3) is 11.8 Å². The molecule has 308 valence electrons. The first-order valence-corrected chi connectivity index (χ1v) is 19.2. The summed E-state index contributed by atoms with van der Waals surface area (Å²) in [5, 5.41) is 4.96. The zero-order valence-corrected chi connectivity index (χ0v) is 31.5. The van der Waals surface area contributed by atoms with Gasteiger partial charge in [0, 0.05) is 42.8 Å². The van der Waals surface area contributed by atoms with Crippen molar-refractivity contribution in [2.75, 3.05) is 51.6 Å². The van der Waals surface area contributed by atoms with Gasteiger partial charge in [-0.2, -0.15) is 13.2 Å². The van der Waals surface area contributed by atoms with E-state index in [2.05, 4.69) is 15.6 Å². The Morgan fingerprint density at radius 3 is 2.34 bits per heavy atom. The van der Waals surface area contributed by atoms with E-state index in [1.54, 1.807) is 24.3 Å². The van der Waals surface area contributed by atoms with E-state index in [9.17, 15) is 36.7 Å². The van der Waals surface area contributed by atoms with E-state index >= 15 is 0 Å². The number of nitrogens with zero attached hydrogens (tertiary/aromatic N) is 3. The second-order valence-electron chi connectivity index (χ2n) is 14.5. The van der Waals surface area contributed by atoms with E-state index < -0.39 is 35.4 Å². The number of imide groups is 1. The summed E-state index contributed by atoms with van der Waals surface area (Å²) in [6.07, 6.45) is -0.983. The molecule has 4 amide bonds. The molecule has 1 saturated heterocycles. The number of hydrogen-bond acceptors (Lipinski definition) is 9. The van der Waals surface area contributed by atoms with Crippen molar-refractivity contribution in [1.82, 2.24) is 19.8 Å². The summed E-state index contributed by atoms with van der Waals surface area (Å²) in [6.45, 7) is 2.99. The van der Waals surface area contributed by atoms with Crippen LogP contribution in [0.1, 0.15) is 76.4 Å². The zero-order valence-electron chi connectivity index (χ0n) is 31.5. The number of anilines is 1. The molecule has 2 N–H and O–H groups in total. The molecule has 17 heteroatoms. The molecular formula is C41H43F4N5O8. The Labute approximate surface area is 330 Å². The van der Waals surface area contributed by atoms with Gasteiger partial charge in [-0.25, -0.2) is 9.37 Å². The van der Waals surface area contributed by atoms with Crippen molar-refractivity contribution in [1.29, 1.82) is 0 Å². The van der Waals surface area contributed by atoms with Crippen LogP contribution in [0.3, 0.4) is 0 Å². The Balaban J connectivity index is 0.777. The van der Waals surface area contributed by atoms with Crippen LogP contribution in [-0.4, -0.2) is 90.4 Å². The van der Waals surface area contributed by atoms with Crippen molar-refractivity contribution in [3.05, 3.63) is 88.7 Å². The number of carbonyl (C=O) groups excluding carboxylic acids is 4. The molecule has 1 aromatic heterocycles. The number of carbonyl (C=O) groups is 4. The molecule has 1 aliphatic carbocycles. The van der Waals surface area contributed by atoms with Gasteiger partial charge in [0.2, 0.25) is 17.8 Å². The van der Waals surface area contributed by atoms with Crippen LogP contribution in [0.2, 0.25) is 0 Å². The van der Waals surface area contributed by atoms with Gasteiger partial charge in [-0.05, 0) is 92.1 Å². The highest BCUT2D eigenvalue weighted by Crippen LogP contribution is 2.37. The minimum absolute atomic E-state index is 0.0749. The second-order valence-corrected chi connectivity index (χ2v) is 14.5. The lowest BCUT2D eigenvalue weighted by Crippen LogP contribution is -2.52. The minimum atomic E-state index is -4.60. The van der Waals surface area contributed by atoms with E-state index in [1.165, 1.54) is 29.2 Å². The number of fused-ring (bicyclic) bond motifs is 2. The molecule has 7 rings (SSSR count). The van der Waals surface area contributed by atoms with Gasteiger partial charge in [0.15, 0.2) is 0 Å². The van der Waals surface area contributed by atoms with Crippen LogP contribution in [-0.2, 0) is 36.5 Å². The Kier molecular flexibility index (Phi) is 12.7. The maximum Gasteiger partial charge on any atom is 0.416 e. The van der Waals surface area contributed by atoms with Crippen LogP contribution >= 0.6 is 0 Å². The molecule has 13 nitrogen and oxygen atoms in total. The average Bonchev–Trinajstić information content (AvgIpc) is 3.72. The molecular weight excluding hydrogens is 766 g/mol. The van der Waals surface area contributed by atoms with Crippen molar-refractivity contribution >= 4 is 40.6 Å². The standard InChI is InChI=1S/C41H43F4N5O8/c42-29-6-11-34-33(22-29)46-40(48-37(52)26-2-1-3-28(20-26)41(43,44)45)50(34)30-7-4-25(5-8-30)24-57-17-16-55-14-15-56-18-19-58-31-9-10-32-27(21-31)23-49(39(32)54)35-12-13-36(51)47-38(35)53/h1-3,6,9-11,20-22,25,30,35H,4-5,7-8,12-19,23-24H2,(H,46,48,52)(H,47,51,53). The van der Waals surface area contributed by atoms with Gasteiger partial charge in [-0.1, -0.05) is 6.07 Å². The van der Waals surface area contributed by atoms with Crippen LogP contribution < -0.4 is 15.4 Å². The monoisotopic (exact) mass is 809 g/mol. The first kappa shape index (κ1) is 40.8. The number of aromatic nitrogens is 2. The van der Waals surface area contributed by atoms with Gasteiger partial charge < -0.3 is 28.4 Å². The average molecular weight is 810 g/mol. The summed E-state index contributed by atoms with van der Waals surface area (Å²) in [6, 6.07) is 12.7. The Morgan fingerprint density at radius 1 is 0.862 bits per heavy atom. The molecule has 58 heavy (non-hydrogen) atoms. The summed E-state index contributed by atoms with van der Waals surface area (Å²) >= 11 is 0. The van der Waals surface area contributed by atoms with Gasteiger partial charge in [0.05, 0.1) is 49.6 Å². The van der Waals surface area contributed by atoms with Crippen LogP contribution in [0, 0.1) is 11.7 Å². The molecule has 4 aromatic rings. The fraction of sp³-hybridized carbons (Fsp3) is 0.439. The lowest BCUT2D eigenvalue weighted by molar-refractivity contribution is -0.138. The first-order chi connectivity index (χ1) is 27.9. The number of ether oxygens (including phenoxy) is 4. The van der Waals surface area contributed by atoms with E-state index in [4.69, 9.17) is 18.9 Å². The number of rotatable bonds is 16. The molecule has 2 fully saturated rings. The Bertz CT molecular complexity index is 2150. The fourth-order valence-electron chi connectivity index (χ4n) is 7.66. The number of halogens is 4. The highest BCUT2D eigenvalue weighted by Gasteiger charge is 2.39. The van der Waals surface area contributed by atoms with E-state index in [-0.39, 0.29) is 42.3 Å². The van der Waals surface area contributed by atoms with Gasteiger partial charge in [-0.3, -0.25) is 29.8 Å². The third kappa shape index (κ3) is 9.65. The molecule has 1 saturated carbocycles. The number of benzene rings is 3. The molecule has 1 unspecified atom stereocenters. The number of alkyl halides is 3. The van der Waals surface area contributed by atoms with E-state index in [1.807, 2.05) is 4.57 Å². The fourth-order valence-corrected chi connectivity index (χ4v) is 7.66. The Hall–Kier alpha value is -5.39. The highest BCUT2D eigenvalue weighted by atomic mass is 19.4. The minimum Gasteiger partial charge on any atom is -0.491 e. The summed E-state index contributed by atoms with van der Waals surface area (Å²) in [4.78, 5) is 55.6. The molecule has 0 bridgehead atoms. The smallest absolute Gasteiger partial charge is 0.416 e. The van der Waals surface area contributed by atoms with Crippen molar-refractivity contribution in [3.63, 3.8) is 0 Å².